The number of methoxy groups -OCH3 is 1. The van der Waals surface area contributed by atoms with Crippen molar-refractivity contribution >= 4 is 12.0 Å². The zero-order valence-corrected chi connectivity index (χ0v) is 18.0. The van der Waals surface area contributed by atoms with Crippen molar-refractivity contribution in [2.75, 3.05) is 13.7 Å². The van der Waals surface area contributed by atoms with Crippen molar-refractivity contribution < 1.29 is 13.9 Å². The number of benzene rings is 2. The van der Waals surface area contributed by atoms with Crippen molar-refractivity contribution in [1.29, 1.82) is 0 Å². The van der Waals surface area contributed by atoms with Crippen molar-refractivity contribution in [3.63, 3.8) is 0 Å². The highest BCUT2D eigenvalue weighted by Crippen LogP contribution is 2.30. The second-order valence-electron chi connectivity index (χ2n) is 7.86. The molecule has 2 aromatic carbocycles. The summed E-state index contributed by atoms with van der Waals surface area (Å²) in [5.74, 6) is 0.418. The van der Waals surface area contributed by atoms with Crippen LogP contribution in [0.5, 0.6) is 5.75 Å². The normalized spacial score (nSPS) is 16.6. The van der Waals surface area contributed by atoms with E-state index in [0.717, 1.165) is 40.9 Å². The summed E-state index contributed by atoms with van der Waals surface area (Å²) in [6, 6.07) is 12.1. The molecule has 0 aliphatic carbocycles. The molecule has 1 atom stereocenters. The van der Waals surface area contributed by atoms with Crippen LogP contribution in [-0.2, 0) is 4.79 Å². The number of ether oxygens (including phenoxy) is 1. The highest BCUT2D eigenvalue weighted by atomic mass is 19.1. The van der Waals surface area contributed by atoms with E-state index in [1.54, 1.807) is 19.5 Å². The van der Waals surface area contributed by atoms with Crippen LogP contribution in [0.25, 0.3) is 11.8 Å². The van der Waals surface area contributed by atoms with Gasteiger partial charge in [0.1, 0.15) is 11.6 Å². The van der Waals surface area contributed by atoms with Crippen molar-refractivity contribution in [3.05, 3.63) is 83.2 Å². The number of hydrogen-bond acceptors (Lipinski definition) is 3. The van der Waals surface area contributed by atoms with Gasteiger partial charge in [0.2, 0.25) is 5.91 Å². The zero-order chi connectivity index (χ0) is 22.0. The summed E-state index contributed by atoms with van der Waals surface area (Å²) in [5, 5.41) is 0. The summed E-state index contributed by atoms with van der Waals surface area (Å²) in [5.41, 5.74) is 4.27. The Hall–Kier alpha value is -3.41. The van der Waals surface area contributed by atoms with Crippen LogP contribution in [0.3, 0.4) is 0 Å². The van der Waals surface area contributed by atoms with E-state index in [2.05, 4.69) is 4.98 Å². The average molecular weight is 420 g/mol. The van der Waals surface area contributed by atoms with Gasteiger partial charge >= 0.3 is 0 Å². The predicted molar refractivity (Wildman–Crippen MR) is 119 cm³/mol. The van der Waals surface area contributed by atoms with Gasteiger partial charge in [-0.25, -0.2) is 9.37 Å². The maximum atomic E-state index is 13.7. The van der Waals surface area contributed by atoms with E-state index < -0.39 is 0 Å². The minimum absolute atomic E-state index is 0.00344. The number of imidazole rings is 1. The van der Waals surface area contributed by atoms with E-state index in [1.807, 2.05) is 59.9 Å². The fraction of sp³-hybridized carbons (Fsp3) is 0.280. The molecule has 0 unspecified atom stereocenters. The van der Waals surface area contributed by atoms with Gasteiger partial charge in [-0.3, -0.25) is 4.79 Å². The Bertz CT molecular complexity index is 1140. The zero-order valence-electron chi connectivity index (χ0n) is 18.0. The molecule has 31 heavy (non-hydrogen) atoms. The quantitative estimate of drug-likeness (QED) is 0.541. The van der Waals surface area contributed by atoms with Gasteiger partial charge in [-0.15, -0.1) is 0 Å². The molecule has 1 aromatic heterocycles. The van der Waals surface area contributed by atoms with E-state index >= 15 is 0 Å². The molecule has 6 heteroatoms. The van der Waals surface area contributed by atoms with E-state index in [9.17, 15) is 9.18 Å². The van der Waals surface area contributed by atoms with Gasteiger partial charge in [-0.1, -0.05) is 18.2 Å². The molecule has 0 N–H and O–H groups in total. The molecule has 0 saturated carbocycles. The van der Waals surface area contributed by atoms with E-state index in [0.29, 0.717) is 12.3 Å². The van der Waals surface area contributed by atoms with Crippen LogP contribution in [0.1, 0.15) is 42.6 Å². The maximum Gasteiger partial charge on any atom is 0.250 e. The average Bonchev–Trinajstić information content (AvgIpc) is 3.20. The number of carbonyl (C=O) groups excluding carboxylic acids is 1. The van der Waals surface area contributed by atoms with Crippen molar-refractivity contribution in [3.8, 4) is 11.4 Å². The summed E-state index contributed by atoms with van der Waals surface area (Å²) in [6.07, 6.45) is 7.21. The highest BCUT2D eigenvalue weighted by molar-refractivity contribution is 5.98. The SMILES string of the molecule is COc1cc(C=C2CCCN([C@H](C)c3cccc(F)c3)C2=O)ccc1-n1cnc(C)c1. The van der Waals surface area contributed by atoms with Crippen LogP contribution in [0.15, 0.2) is 60.6 Å². The third-order valence-corrected chi connectivity index (χ3v) is 5.71. The molecule has 0 bridgehead atoms. The van der Waals surface area contributed by atoms with E-state index in [-0.39, 0.29) is 17.8 Å². The number of nitrogens with zero attached hydrogens (tertiary/aromatic N) is 3. The standard InChI is InChI=1S/C25H26FN3O2/c1-17-15-28(16-27-17)23-10-9-19(13-24(23)31-3)12-21-7-5-11-29(25(21)30)18(2)20-6-4-8-22(26)14-20/h4,6,8-10,12-16,18H,5,7,11H2,1-3H3/t18-/m1/s1. The first-order valence-electron chi connectivity index (χ1n) is 10.4. The molecule has 2 heterocycles. The molecule has 1 saturated heterocycles. The number of aromatic nitrogens is 2. The number of amides is 1. The first-order chi connectivity index (χ1) is 15.0. The van der Waals surface area contributed by atoms with E-state index in [4.69, 9.17) is 4.74 Å². The van der Waals surface area contributed by atoms with Crippen molar-refractivity contribution in [2.45, 2.75) is 32.7 Å². The number of carbonyl (C=O) groups is 1. The number of likely N-dealkylation sites (tertiary alicyclic amines) is 1. The summed E-state index contributed by atoms with van der Waals surface area (Å²) in [7, 11) is 1.63. The van der Waals surface area contributed by atoms with Crippen LogP contribution >= 0.6 is 0 Å². The van der Waals surface area contributed by atoms with Gasteiger partial charge < -0.3 is 14.2 Å². The van der Waals surface area contributed by atoms with Gasteiger partial charge in [0.05, 0.1) is 30.9 Å². The summed E-state index contributed by atoms with van der Waals surface area (Å²) >= 11 is 0. The highest BCUT2D eigenvalue weighted by Gasteiger charge is 2.28. The number of aryl methyl sites for hydroxylation is 1. The fourth-order valence-electron chi connectivity index (χ4n) is 4.03. The molecule has 1 fully saturated rings. The van der Waals surface area contributed by atoms with Crippen molar-refractivity contribution in [2.24, 2.45) is 0 Å². The van der Waals surface area contributed by atoms with Gasteiger partial charge in [-0.05, 0) is 68.2 Å². The third-order valence-electron chi connectivity index (χ3n) is 5.71. The van der Waals surface area contributed by atoms with Gasteiger partial charge in [0.25, 0.3) is 0 Å². The molecule has 0 spiro atoms. The van der Waals surface area contributed by atoms with Gasteiger partial charge in [0, 0.05) is 18.3 Å². The van der Waals surface area contributed by atoms with Crippen molar-refractivity contribution in [1.82, 2.24) is 14.5 Å². The van der Waals surface area contributed by atoms with Crippen LogP contribution < -0.4 is 4.74 Å². The summed E-state index contributed by atoms with van der Waals surface area (Å²) in [4.78, 5) is 19.3. The van der Waals surface area contributed by atoms with Gasteiger partial charge in [-0.2, -0.15) is 0 Å². The molecule has 0 radical (unpaired) electrons. The van der Waals surface area contributed by atoms with Crippen LogP contribution in [0, 0.1) is 12.7 Å². The molecule has 3 aromatic rings. The van der Waals surface area contributed by atoms with Crippen LogP contribution in [-0.4, -0.2) is 34.0 Å². The number of hydrogen-bond donors (Lipinski definition) is 0. The maximum absolute atomic E-state index is 13.7. The van der Waals surface area contributed by atoms with E-state index in [1.165, 1.54) is 12.1 Å². The molecule has 160 valence electrons. The number of piperidine rings is 1. The summed E-state index contributed by atoms with van der Waals surface area (Å²) < 4.78 is 21.2. The molecule has 1 aliphatic rings. The second kappa shape index (κ2) is 8.76. The Morgan fingerprint density at radius 1 is 1.23 bits per heavy atom. The van der Waals surface area contributed by atoms with Crippen LogP contribution in [0.2, 0.25) is 0 Å². The Balaban J connectivity index is 1.60. The lowest BCUT2D eigenvalue weighted by molar-refractivity contribution is -0.130. The Morgan fingerprint density at radius 2 is 2.06 bits per heavy atom. The Morgan fingerprint density at radius 3 is 2.77 bits per heavy atom. The Labute approximate surface area is 181 Å². The smallest absolute Gasteiger partial charge is 0.250 e. The first kappa shape index (κ1) is 20.8. The third kappa shape index (κ3) is 4.38. The van der Waals surface area contributed by atoms with Gasteiger partial charge in [0.15, 0.2) is 0 Å². The number of halogens is 1. The first-order valence-corrected chi connectivity index (χ1v) is 10.4. The molecule has 4 rings (SSSR count). The fourth-order valence-corrected chi connectivity index (χ4v) is 4.03. The second-order valence-corrected chi connectivity index (χ2v) is 7.86. The molecule has 5 nitrogen and oxygen atoms in total. The minimum Gasteiger partial charge on any atom is -0.495 e. The van der Waals surface area contributed by atoms with Crippen LogP contribution in [0.4, 0.5) is 4.39 Å². The lowest BCUT2D eigenvalue weighted by atomic mass is 9.97. The molecular weight excluding hydrogens is 393 g/mol. The number of rotatable bonds is 5. The lowest BCUT2D eigenvalue weighted by Crippen LogP contribution is -2.38. The lowest BCUT2D eigenvalue weighted by Gasteiger charge is -2.34. The monoisotopic (exact) mass is 419 g/mol. The topological polar surface area (TPSA) is 47.4 Å². The Kier molecular flexibility index (Phi) is 5.89. The molecular formula is C25H26FN3O2. The minimum atomic E-state index is -0.287. The predicted octanol–water partition coefficient (Wildman–Crippen LogP) is 5.10. The molecule has 1 amide bonds. The largest absolute Gasteiger partial charge is 0.495 e. The molecule has 1 aliphatic heterocycles. The summed E-state index contributed by atoms with van der Waals surface area (Å²) in [6.45, 7) is 4.55.